The van der Waals surface area contributed by atoms with Gasteiger partial charge in [0, 0.05) is 43.6 Å². The standard InChI is InChI=1S/C12H23FN2/c1-11(2,3)15-7-9-5-14-6-10(8-15)12(9,4)13/h9-10,14H,5-8H2,1-4H3. The Hall–Kier alpha value is -0.150. The van der Waals surface area contributed by atoms with Gasteiger partial charge in [-0.15, -0.1) is 0 Å². The Labute approximate surface area is 92.2 Å². The second kappa shape index (κ2) is 3.42. The maximum atomic E-state index is 14.5. The average Bonchev–Trinajstić information content (AvgIpc) is 1.97. The third-order valence-electron chi connectivity index (χ3n) is 4.21. The summed E-state index contributed by atoms with van der Waals surface area (Å²) in [6.07, 6.45) is 0. The monoisotopic (exact) mass is 214 g/mol. The summed E-state index contributed by atoms with van der Waals surface area (Å²) < 4.78 is 14.5. The molecule has 0 aromatic heterocycles. The van der Waals surface area contributed by atoms with Gasteiger partial charge in [-0.2, -0.15) is 0 Å². The van der Waals surface area contributed by atoms with Crippen LogP contribution in [0.2, 0.25) is 0 Å². The minimum absolute atomic E-state index is 0.157. The summed E-state index contributed by atoms with van der Waals surface area (Å²) in [5, 5.41) is 3.35. The molecule has 2 nitrogen and oxygen atoms in total. The van der Waals surface area contributed by atoms with Gasteiger partial charge in [-0.05, 0) is 27.7 Å². The van der Waals surface area contributed by atoms with Crippen molar-refractivity contribution in [1.82, 2.24) is 10.2 Å². The summed E-state index contributed by atoms with van der Waals surface area (Å²) in [6, 6.07) is 0. The third-order valence-corrected chi connectivity index (χ3v) is 4.21. The highest BCUT2D eigenvalue weighted by atomic mass is 19.1. The summed E-state index contributed by atoms with van der Waals surface area (Å²) in [5.41, 5.74) is -0.794. The summed E-state index contributed by atoms with van der Waals surface area (Å²) in [7, 11) is 0. The average molecular weight is 214 g/mol. The van der Waals surface area contributed by atoms with E-state index in [4.69, 9.17) is 0 Å². The van der Waals surface area contributed by atoms with Gasteiger partial charge in [0.25, 0.3) is 0 Å². The number of halogens is 1. The van der Waals surface area contributed by atoms with E-state index in [-0.39, 0.29) is 17.4 Å². The molecule has 2 fully saturated rings. The Balaban J connectivity index is 2.16. The number of alkyl halides is 1. The van der Waals surface area contributed by atoms with E-state index in [1.807, 2.05) is 0 Å². The van der Waals surface area contributed by atoms with Gasteiger partial charge < -0.3 is 5.32 Å². The minimum atomic E-state index is -0.965. The first-order chi connectivity index (χ1) is 6.82. The molecular weight excluding hydrogens is 191 g/mol. The van der Waals surface area contributed by atoms with Crippen LogP contribution in [-0.4, -0.2) is 42.3 Å². The number of likely N-dealkylation sites (tertiary alicyclic amines) is 1. The van der Waals surface area contributed by atoms with Crippen molar-refractivity contribution in [3.63, 3.8) is 0 Å². The van der Waals surface area contributed by atoms with Crippen molar-refractivity contribution in [3.05, 3.63) is 0 Å². The van der Waals surface area contributed by atoms with E-state index in [0.717, 1.165) is 26.2 Å². The van der Waals surface area contributed by atoms with Gasteiger partial charge in [0.2, 0.25) is 0 Å². The molecular formula is C12H23FN2. The number of fused-ring (bicyclic) bond motifs is 2. The zero-order valence-electron chi connectivity index (χ0n) is 10.3. The van der Waals surface area contributed by atoms with Crippen LogP contribution in [0.25, 0.3) is 0 Å². The molecule has 2 heterocycles. The topological polar surface area (TPSA) is 15.3 Å². The third kappa shape index (κ3) is 1.92. The van der Waals surface area contributed by atoms with E-state index in [2.05, 4.69) is 31.0 Å². The van der Waals surface area contributed by atoms with Crippen molar-refractivity contribution in [1.29, 1.82) is 0 Å². The first kappa shape index (κ1) is 11.3. The molecule has 2 unspecified atom stereocenters. The van der Waals surface area contributed by atoms with E-state index in [0.29, 0.717) is 0 Å². The molecule has 2 aliphatic heterocycles. The molecule has 2 aliphatic rings. The van der Waals surface area contributed by atoms with Crippen molar-refractivity contribution < 1.29 is 4.39 Å². The van der Waals surface area contributed by atoms with E-state index in [1.54, 1.807) is 6.92 Å². The van der Waals surface area contributed by atoms with Crippen molar-refractivity contribution in [2.75, 3.05) is 26.2 Å². The fourth-order valence-corrected chi connectivity index (χ4v) is 2.80. The number of nitrogens with one attached hydrogen (secondary N) is 1. The Morgan fingerprint density at radius 2 is 1.67 bits per heavy atom. The maximum absolute atomic E-state index is 14.5. The normalized spacial score (nSPS) is 43.0. The van der Waals surface area contributed by atoms with E-state index in [1.165, 1.54) is 0 Å². The van der Waals surface area contributed by atoms with Crippen molar-refractivity contribution >= 4 is 0 Å². The van der Waals surface area contributed by atoms with E-state index < -0.39 is 5.67 Å². The molecule has 0 saturated carbocycles. The molecule has 3 heteroatoms. The van der Waals surface area contributed by atoms with Crippen LogP contribution in [0.15, 0.2) is 0 Å². The summed E-state index contributed by atoms with van der Waals surface area (Å²) >= 11 is 0. The van der Waals surface area contributed by atoms with Crippen LogP contribution in [0.4, 0.5) is 4.39 Å². The molecule has 0 aromatic carbocycles. The van der Waals surface area contributed by atoms with E-state index >= 15 is 0 Å². The molecule has 0 aliphatic carbocycles. The second-order valence-corrected chi connectivity index (χ2v) is 6.28. The summed E-state index contributed by atoms with van der Waals surface area (Å²) in [6.45, 7) is 11.9. The largest absolute Gasteiger partial charge is 0.316 e. The predicted molar refractivity (Wildman–Crippen MR) is 60.7 cm³/mol. The van der Waals surface area contributed by atoms with Crippen molar-refractivity contribution in [2.24, 2.45) is 11.8 Å². The lowest BCUT2D eigenvalue weighted by Gasteiger charge is -2.53. The van der Waals surface area contributed by atoms with Crippen LogP contribution in [-0.2, 0) is 0 Å². The molecule has 2 saturated heterocycles. The molecule has 2 atom stereocenters. The number of piperidine rings is 2. The Morgan fingerprint density at radius 1 is 1.20 bits per heavy atom. The first-order valence-corrected chi connectivity index (χ1v) is 5.96. The maximum Gasteiger partial charge on any atom is 0.118 e. The van der Waals surface area contributed by atoms with Crippen LogP contribution < -0.4 is 5.32 Å². The van der Waals surface area contributed by atoms with Crippen LogP contribution in [0.3, 0.4) is 0 Å². The lowest BCUT2D eigenvalue weighted by Crippen LogP contribution is -2.65. The molecule has 0 radical (unpaired) electrons. The molecule has 2 rings (SSSR count). The zero-order valence-corrected chi connectivity index (χ0v) is 10.3. The van der Waals surface area contributed by atoms with Crippen LogP contribution >= 0.6 is 0 Å². The molecule has 0 amide bonds. The lowest BCUT2D eigenvalue weighted by atomic mass is 9.72. The van der Waals surface area contributed by atoms with Crippen LogP contribution in [0.5, 0.6) is 0 Å². The Morgan fingerprint density at radius 3 is 2.07 bits per heavy atom. The lowest BCUT2D eigenvalue weighted by molar-refractivity contribution is -0.0849. The highest BCUT2D eigenvalue weighted by Gasteiger charge is 2.50. The second-order valence-electron chi connectivity index (χ2n) is 6.28. The fraction of sp³-hybridized carbons (Fsp3) is 1.00. The van der Waals surface area contributed by atoms with Gasteiger partial charge in [-0.1, -0.05) is 0 Å². The fourth-order valence-electron chi connectivity index (χ4n) is 2.80. The van der Waals surface area contributed by atoms with E-state index in [9.17, 15) is 4.39 Å². The smallest absolute Gasteiger partial charge is 0.118 e. The molecule has 0 aromatic rings. The van der Waals surface area contributed by atoms with Crippen molar-refractivity contribution in [3.8, 4) is 0 Å². The number of nitrogens with zero attached hydrogens (tertiary/aromatic N) is 1. The quantitative estimate of drug-likeness (QED) is 0.660. The molecule has 1 N–H and O–H groups in total. The number of hydrogen-bond donors (Lipinski definition) is 1. The molecule has 88 valence electrons. The van der Waals surface area contributed by atoms with Gasteiger partial charge in [0.15, 0.2) is 0 Å². The van der Waals surface area contributed by atoms with Gasteiger partial charge in [-0.25, -0.2) is 4.39 Å². The first-order valence-electron chi connectivity index (χ1n) is 5.96. The number of hydrogen-bond acceptors (Lipinski definition) is 2. The van der Waals surface area contributed by atoms with Gasteiger partial charge in [0.1, 0.15) is 5.67 Å². The minimum Gasteiger partial charge on any atom is -0.316 e. The van der Waals surface area contributed by atoms with Gasteiger partial charge in [-0.3, -0.25) is 4.90 Å². The summed E-state index contributed by atoms with van der Waals surface area (Å²) in [4.78, 5) is 2.44. The molecule has 2 bridgehead atoms. The van der Waals surface area contributed by atoms with Crippen LogP contribution in [0, 0.1) is 11.8 Å². The molecule has 0 spiro atoms. The van der Waals surface area contributed by atoms with Crippen molar-refractivity contribution in [2.45, 2.75) is 38.9 Å². The zero-order chi connectivity index (χ0) is 11.3. The number of rotatable bonds is 0. The highest BCUT2D eigenvalue weighted by Crippen LogP contribution is 2.39. The molecule has 15 heavy (non-hydrogen) atoms. The highest BCUT2D eigenvalue weighted by molar-refractivity contribution is 5.03. The van der Waals surface area contributed by atoms with Gasteiger partial charge >= 0.3 is 0 Å². The van der Waals surface area contributed by atoms with Crippen LogP contribution in [0.1, 0.15) is 27.7 Å². The Bertz CT molecular complexity index is 228. The SMILES string of the molecule is CC1(F)C2CNCC1CN(C(C)(C)C)C2. The predicted octanol–water partition coefficient (Wildman–Crippen LogP) is 1.66. The summed E-state index contributed by atoms with van der Waals surface area (Å²) in [5.74, 6) is 0.313. The Kier molecular flexibility index (Phi) is 2.59. The van der Waals surface area contributed by atoms with Gasteiger partial charge in [0.05, 0.1) is 0 Å².